The van der Waals surface area contributed by atoms with E-state index < -0.39 is 27.8 Å². The van der Waals surface area contributed by atoms with Crippen LogP contribution in [0, 0.1) is 5.82 Å². The van der Waals surface area contributed by atoms with Crippen LogP contribution in [0.3, 0.4) is 0 Å². The molecule has 9 nitrogen and oxygen atoms in total. The molecule has 0 spiro atoms. The molecule has 43 heavy (non-hydrogen) atoms. The lowest BCUT2D eigenvalue weighted by molar-refractivity contribution is -0.142. The van der Waals surface area contributed by atoms with Gasteiger partial charge in [-0.25, -0.2) is 12.8 Å². The Morgan fingerprint density at radius 1 is 0.884 bits per heavy atom. The van der Waals surface area contributed by atoms with Gasteiger partial charge in [-0.2, -0.15) is 0 Å². The van der Waals surface area contributed by atoms with Gasteiger partial charge in [-0.3, -0.25) is 14.3 Å². The lowest BCUT2D eigenvalue weighted by atomic mass is 10.1. The summed E-state index contributed by atoms with van der Waals surface area (Å²) in [7, 11) is -2.37. The topological polar surface area (TPSA) is 114 Å². The van der Waals surface area contributed by atoms with E-state index in [0.29, 0.717) is 5.75 Å². The standard InChI is InChI=1S/C32H32FN3O6S/c1-23(32(38)34-20-25-10-6-7-11-30(25)41-2)36(21-24-8-4-3-5-9-24)31(37)22-42-28-16-18-29(19-17-28)43(39,40)35-27-14-12-26(33)13-15-27/h3-19,23,35H,20-22H2,1-2H3,(H,34,38). The van der Waals surface area contributed by atoms with E-state index in [4.69, 9.17) is 9.47 Å². The first-order valence-corrected chi connectivity index (χ1v) is 14.9. The third-order valence-corrected chi connectivity index (χ3v) is 8.00. The number of nitrogens with one attached hydrogen (secondary N) is 2. The van der Waals surface area contributed by atoms with Crippen molar-refractivity contribution in [2.45, 2.75) is 31.0 Å². The van der Waals surface area contributed by atoms with Crippen LogP contribution in [-0.2, 0) is 32.7 Å². The highest BCUT2D eigenvalue weighted by atomic mass is 32.2. The molecule has 4 rings (SSSR count). The van der Waals surface area contributed by atoms with Gasteiger partial charge < -0.3 is 19.7 Å². The first-order chi connectivity index (χ1) is 20.7. The maximum Gasteiger partial charge on any atom is 0.261 e. The molecule has 0 aliphatic carbocycles. The van der Waals surface area contributed by atoms with Gasteiger partial charge in [-0.15, -0.1) is 0 Å². The van der Waals surface area contributed by atoms with Crippen molar-refractivity contribution in [1.29, 1.82) is 0 Å². The van der Waals surface area contributed by atoms with E-state index in [-0.39, 0.29) is 41.9 Å². The zero-order valence-corrected chi connectivity index (χ0v) is 24.5. The minimum absolute atomic E-state index is 0.0402. The highest BCUT2D eigenvalue weighted by Crippen LogP contribution is 2.21. The summed E-state index contributed by atoms with van der Waals surface area (Å²) < 4.78 is 51.9. The summed E-state index contributed by atoms with van der Waals surface area (Å²) in [5, 5.41) is 2.87. The number of nitrogens with zero attached hydrogens (tertiary/aromatic N) is 1. The Labute approximate surface area is 250 Å². The largest absolute Gasteiger partial charge is 0.496 e. The molecule has 11 heteroatoms. The SMILES string of the molecule is COc1ccccc1CNC(=O)C(C)N(Cc1ccccc1)C(=O)COc1ccc(S(=O)(=O)Nc2ccc(F)cc2)cc1. The smallest absolute Gasteiger partial charge is 0.261 e. The van der Waals surface area contributed by atoms with Crippen LogP contribution in [0.25, 0.3) is 0 Å². The van der Waals surface area contributed by atoms with Crippen molar-refractivity contribution in [3.05, 3.63) is 120 Å². The summed E-state index contributed by atoms with van der Waals surface area (Å²) in [6.45, 7) is 1.67. The molecule has 0 aliphatic rings. The fraction of sp³-hybridized carbons (Fsp3) is 0.188. The molecule has 0 fully saturated rings. The first-order valence-electron chi connectivity index (χ1n) is 13.4. The summed E-state index contributed by atoms with van der Waals surface area (Å²) in [6, 6.07) is 26.3. The van der Waals surface area contributed by atoms with Crippen LogP contribution < -0.4 is 19.5 Å². The molecule has 1 unspecified atom stereocenters. The molecular weight excluding hydrogens is 573 g/mol. The number of amides is 2. The summed E-state index contributed by atoms with van der Waals surface area (Å²) in [4.78, 5) is 27.9. The predicted molar refractivity (Wildman–Crippen MR) is 160 cm³/mol. The van der Waals surface area contributed by atoms with Crippen LogP contribution in [0.1, 0.15) is 18.1 Å². The average molecular weight is 606 g/mol. The molecule has 4 aromatic rings. The zero-order chi connectivity index (χ0) is 30.8. The number of hydrogen-bond acceptors (Lipinski definition) is 6. The first kappa shape index (κ1) is 31.0. The van der Waals surface area contributed by atoms with Crippen molar-refractivity contribution < 1.29 is 31.9 Å². The van der Waals surface area contributed by atoms with Crippen LogP contribution in [0.5, 0.6) is 11.5 Å². The zero-order valence-electron chi connectivity index (χ0n) is 23.7. The molecule has 2 amide bonds. The Kier molecular flexibility index (Phi) is 10.3. The van der Waals surface area contributed by atoms with E-state index in [1.54, 1.807) is 20.1 Å². The fourth-order valence-corrected chi connectivity index (χ4v) is 5.28. The summed E-state index contributed by atoms with van der Waals surface area (Å²) in [5.41, 5.74) is 1.85. The summed E-state index contributed by atoms with van der Waals surface area (Å²) in [6.07, 6.45) is 0. The Morgan fingerprint density at radius 3 is 2.21 bits per heavy atom. The minimum atomic E-state index is -3.93. The Bertz CT molecular complexity index is 1630. The van der Waals surface area contributed by atoms with Crippen molar-refractivity contribution >= 4 is 27.5 Å². The molecule has 0 radical (unpaired) electrons. The summed E-state index contributed by atoms with van der Waals surface area (Å²) in [5.74, 6) is -0.353. The van der Waals surface area contributed by atoms with Crippen LogP contribution in [0.15, 0.2) is 108 Å². The van der Waals surface area contributed by atoms with Gasteiger partial charge in [-0.05, 0) is 67.1 Å². The Hall–Kier alpha value is -4.90. The molecule has 0 bridgehead atoms. The van der Waals surface area contributed by atoms with Gasteiger partial charge in [0.2, 0.25) is 5.91 Å². The second kappa shape index (κ2) is 14.3. The normalized spacial score (nSPS) is 11.7. The van der Waals surface area contributed by atoms with Gasteiger partial charge in [0.05, 0.1) is 12.0 Å². The van der Waals surface area contributed by atoms with Crippen molar-refractivity contribution in [2.24, 2.45) is 0 Å². The number of hydrogen-bond donors (Lipinski definition) is 2. The predicted octanol–water partition coefficient (Wildman–Crippen LogP) is 4.75. The Morgan fingerprint density at radius 2 is 1.53 bits per heavy atom. The number of benzene rings is 4. The van der Waals surface area contributed by atoms with Gasteiger partial charge in [-0.1, -0.05) is 48.5 Å². The molecule has 2 N–H and O–H groups in total. The van der Waals surface area contributed by atoms with E-state index in [2.05, 4.69) is 10.0 Å². The number of rotatable bonds is 13. The third-order valence-electron chi connectivity index (χ3n) is 6.60. The van der Waals surface area contributed by atoms with E-state index in [0.717, 1.165) is 23.3 Å². The van der Waals surface area contributed by atoms with Crippen molar-refractivity contribution in [1.82, 2.24) is 10.2 Å². The highest BCUT2D eigenvalue weighted by Gasteiger charge is 2.27. The number of carbonyl (C=O) groups is 2. The fourth-order valence-electron chi connectivity index (χ4n) is 4.22. The molecule has 0 aromatic heterocycles. The van der Waals surface area contributed by atoms with E-state index in [1.807, 2.05) is 48.5 Å². The number of anilines is 1. The molecule has 224 valence electrons. The van der Waals surface area contributed by atoms with Crippen LogP contribution in [0.4, 0.5) is 10.1 Å². The molecule has 4 aromatic carbocycles. The van der Waals surface area contributed by atoms with E-state index in [1.165, 1.54) is 41.3 Å². The number of carbonyl (C=O) groups excluding carboxylic acids is 2. The second-order valence-electron chi connectivity index (χ2n) is 9.59. The molecule has 0 aliphatic heterocycles. The Balaban J connectivity index is 1.41. The number of halogens is 1. The highest BCUT2D eigenvalue weighted by molar-refractivity contribution is 7.92. The lowest BCUT2D eigenvalue weighted by Crippen LogP contribution is -2.48. The van der Waals surface area contributed by atoms with Crippen LogP contribution in [0.2, 0.25) is 0 Å². The van der Waals surface area contributed by atoms with Crippen LogP contribution >= 0.6 is 0 Å². The molecule has 0 saturated carbocycles. The molecular formula is C32H32FN3O6S. The van der Waals surface area contributed by atoms with Gasteiger partial charge >= 0.3 is 0 Å². The van der Waals surface area contributed by atoms with Crippen LogP contribution in [-0.4, -0.2) is 44.9 Å². The van der Waals surface area contributed by atoms with E-state index >= 15 is 0 Å². The summed E-state index contributed by atoms with van der Waals surface area (Å²) >= 11 is 0. The average Bonchev–Trinajstić information content (AvgIpc) is 3.02. The van der Waals surface area contributed by atoms with E-state index in [9.17, 15) is 22.4 Å². The van der Waals surface area contributed by atoms with Gasteiger partial charge in [0.25, 0.3) is 15.9 Å². The van der Waals surface area contributed by atoms with Gasteiger partial charge in [0.15, 0.2) is 6.61 Å². The van der Waals surface area contributed by atoms with Crippen molar-refractivity contribution in [3.8, 4) is 11.5 Å². The van der Waals surface area contributed by atoms with Gasteiger partial charge in [0.1, 0.15) is 23.4 Å². The minimum Gasteiger partial charge on any atom is -0.496 e. The van der Waals surface area contributed by atoms with Crippen molar-refractivity contribution in [3.63, 3.8) is 0 Å². The monoisotopic (exact) mass is 605 g/mol. The molecule has 1 atom stereocenters. The maximum absolute atomic E-state index is 13.4. The number of sulfonamides is 1. The lowest BCUT2D eigenvalue weighted by Gasteiger charge is -2.29. The number of para-hydroxylation sites is 1. The number of ether oxygens (including phenoxy) is 2. The van der Waals surface area contributed by atoms with Gasteiger partial charge in [0, 0.05) is 24.3 Å². The van der Waals surface area contributed by atoms with Crippen molar-refractivity contribution in [2.75, 3.05) is 18.4 Å². The third kappa shape index (κ3) is 8.55. The molecule has 0 heterocycles. The quantitative estimate of drug-likeness (QED) is 0.228. The number of methoxy groups -OCH3 is 1. The maximum atomic E-state index is 13.4. The molecule has 0 saturated heterocycles. The second-order valence-corrected chi connectivity index (χ2v) is 11.3.